The number of carbonyl (C=O) groups excluding carboxylic acids is 1. The van der Waals surface area contributed by atoms with Gasteiger partial charge in [0.2, 0.25) is 10.0 Å². The molecule has 3 rings (SSSR count). The van der Waals surface area contributed by atoms with Crippen LogP contribution in [0.2, 0.25) is 5.02 Å². The Labute approximate surface area is 178 Å². The molecule has 0 spiro atoms. The topological polar surface area (TPSA) is 75.7 Å². The Kier molecular flexibility index (Phi) is 6.21. The number of ether oxygens (including phenoxy) is 1. The Bertz CT molecular complexity index is 1010. The van der Waals surface area contributed by atoms with E-state index in [1.165, 1.54) is 0 Å². The number of carbonyl (C=O) groups is 1. The van der Waals surface area contributed by atoms with Crippen LogP contribution >= 0.6 is 27.5 Å². The highest BCUT2D eigenvalue weighted by atomic mass is 79.9. The second-order valence-corrected chi connectivity index (χ2v) is 9.64. The Balaban J connectivity index is 1.85. The van der Waals surface area contributed by atoms with Crippen LogP contribution in [0.25, 0.3) is 0 Å². The molecule has 0 bridgehead atoms. The van der Waals surface area contributed by atoms with Gasteiger partial charge in [-0.25, -0.2) is 8.42 Å². The standard InChI is InChI=1S/C19H20BrClN2O4S/c1-12(27-18-9-8-13(21)11-15(18)20)19(24)23-10-4-5-14-16(22-28(2,25)26)6-3-7-17(14)23/h3,6-9,11-12,22H,4-5,10H2,1-2H3. The van der Waals surface area contributed by atoms with Crippen molar-refractivity contribution < 1.29 is 17.9 Å². The summed E-state index contributed by atoms with van der Waals surface area (Å²) in [5.41, 5.74) is 2.02. The van der Waals surface area contributed by atoms with Crippen LogP contribution in [0.3, 0.4) is 0 Å². The van der Waals surface area contributed by atoms with Crippen molar-refractivity contribution in [3.63, 3.8) is 0 Å². The number of anilines is 2. The fraction of sp³-hybridized carbons (Fsp3) is 0.316. The number of hydrogen-bond donors (Lipinski definition) is 1. The van der Waals surface area contributed by atoms with Crippen molar-refractivity contribution in [1.29, 1.82) is 0 Å². The van der Waals surface area contributed by atoms with E-state index >= 15 is 0 Å². The van der Waals surface area contributed by atoms with E-state index in [4.69, 9.17) is 16.3 Å². The van der Waals surface area contributed by atoms with Gasteiger partial charge in [0.15, 0.2) is 6.10 Å². The molecule has 150 valence electrons. The number of nitrogens with zero attached hydrogens (tertiary/aromatic N) is 1. The highest BCUT2D eigenvalue weighted by Gasteiger charge is 2.29. The van der Waals surface area contributed by atoms with Crippen LogP contribution in [0.5, 0.6) is 5.75 Å². The summed E-state index contributed by atoms with van der Waals surface area (Å²) in [6, 6.07) is 10.4. The lowest BCUT2D eigenvalue weighted by atomic mass is 9.99. The average molecular weight is 488 g/mol. The summed E-state index contributed by atoms with van der Waals surface area (Å²) in [6.45, 7) is 2.24. The van der Waals surface area contributed by atoms with Crippen LogP contribution in [0.4, 0.5) is 11.4 Å². The molecule has 9 heteroatoms. The number of rotatable bonds is 5. The molecule has 28 heavy (non-hydrogen) atoms. The molecule has 0 saturated carbocycles. The summed E-state index contributed by atoms with van der Waals surface area (Å²) < 4.78 is 32.3. The third-order valence-corrected chi connectivity index (χ3v) is 5.80. The van der Waals surface area contributed by atoms with E-state index in [0.29, 0.717) is 39.6 Å². The Hall–Kier alpha value is -1.77. The molecule has 1 aliphatic heterocycles. The average Bonchev–Trinajstić information content (AvgIpc) is 2.62. The van der Waals surface area contributed by atoms with Crippen LogP contribution in [0.1, 0.15) is 18.9 Å². The number of nitrogens with one attached hydrogen (secondary N) is 1. The molecule has 0 saturated heterocycles. The minimum atomic E-state index is -3.41. The first-order valence-corrected chi connectivity index (χ1v) is 11.7. The summed E-state index contributed by atoms with van der Waals surface area (Å²) in [5, 5.41) is 0.564. The maximum absolute atomic E-state index is 13.1. The van der Waals surface area contributed by atoms with Gasteiger partial charge < -0.3 is 9.64 Å². The smallest absolute Gasteiger partial charge is 0.267 e. The third kappa shape index (κ3) is 4.79. The van der Waals surface area contributed by atoms with Crippen LogP contribution < -0.4 is 14.4 Å². The fourth-order valence-corrected chi connectivity index (χ4v) is 4.55. The lowest BCUT2D eigenvalue weighted by molar-refractivity contribution is -0.124. The van der Waals surface area contributed by atoms with Crippen molar-refractivity contribution in [2.45, 2.75) is 25.9 Å². The van der Waals surface area contributed by atoms with Gasteiger partial charge in [-0.15, -0.1) is 0 Å². The molecule has 2 aromatic rings. The first-order valence-electron chi connectivity index (χ1n) is 8.68. The van der Waals surface area contributed by atoms with E-state index in [2.05, 4.69) is 20.7 Å². The zero-order valence-corrected chi connectivity index (χ0v) is 18.6. The van der Waals surface area contributed by atoms with Crippen LogP contribution in [0, 0.1) is 0 Å². The normalized spacial score (nSPS) is 14.9. The molecular weight excluding hydrogens is 468 g/mol. The molecule has 1 N–H and O–H groups in total. The quantitative estimate of drug-likeness (QED) is 0.685. The minimum absolute atomic E-state index is 0.195. The number of halogens is 2. The highest BCUT2D eigenvalue weighted by molar-refractivity contribution is 9.10. The summed E-state index contributed by atoms with van der Waals surface area (Å²) in [7, 11) is -3.41. The number of fused-ring (bicyclic) bond motifs is 1. The number of sulfonamides is 1. The molecule has 1 aliphatic rings. The summed E-state index contributed by atoms with van der Waals surface area (Å²) in [4.78, 5) is 14.7. The van der Waals surface area contributed by atoms with Gasteiger partial charge in [-0.1, -0.05) is 17.7 Å². The van der Waals surface area contributed by atoms with Crippen LogP contribution in [-0.4, -0.2) is 33.2 Å². The molecule has 0 aromatic heterocycles. The molecule has 6 nitrogen and oxygen atoms in total. The van der Waals surface area contributed by atoms with Crippen LogP contribution in [0.15, 0.2) is 40.9 Å². The number of amides is 1. The summed E-state index contributed by atoms with van der Waals surface area (Å²) in [5.74, 6) is 0.328. The van der Waals surface area contributed by atoms with E-state index < -0.39 is 16.1 Å². The predicted molar refractivity (Wildman–Crippen MR) is 115 cm³/mol. The fourth-order valence-electron chi connectivity index (χ4n) is 3.18. The van der Waals surface area contributed by atoms with Crippen molar-refractivity contribution in [3.05, 3.63) is 51.5 Å². The maximum Gasteiger partial charge on any atom is 0.267 e. The molecule has 1 heterocycles. The second-order valence-electron chi connectivity index (χ2n) is 6.61. The molecule has 2 aromatic carbocycles. The van der Waals surface area contributed by atoms with E-state index in [0.717, 1.165) is 18.2 Å². The summed E-state index contributed by atoms with van der Waals surface area (Å²) >= 11 is 9.33. The zero-order valence-electron chi connectivity index (χ0n) is 15.4. The summed E-state index contributed by atoms with van der Waals surface area (Å²) in [6.07, 6.45) is 1.81. The number of benzene rings is 2. The predicted octanol–water partition coefficient (Wildman–Crippen LogP) is 4.22. The van der Waals surface area contributed by atoms with E-state index in [-0.39, 0.29) is 5.91 Å². The molecule has 1 amide bonds. The van der Waals surface area contributed by atoms with Crippen molar-refractivity contribution in [1.82, 2.24) is 0 Å². The van der Waals surface area contributed by atoms with Gasteiger partial charge in [0, 0.05) is 22.8 Å². The van der Waals surface area contributed by atoms with Gasteiger partial charge in [0.05, 0.1) is 16.4 Å². The van der Waals surface area contributed by atoms with E-state index in [1.54, 1.807) is 42.2 Å². The molecule has 0 aliphatic carbocycles. The third-order valence-electron chi connectivity index (χ3n) is 4.36. The molecule has 0 radical (unpaired) electrons. The van der Waals surface area contributed by atoms with Gasteiger partial charge in [-0.05, 0) is 66.0 Å². The van der Waals surface area contributed by atoms with Crippen molar-refractivity contribution >= 4 is 54.8 Å². The zero-order chi connectivity index (χ0) is 20.5. The van der Waals surface area contributed by atoms with Crippen molar-refractivity contribution in [2.24, 2.45) is 0 Å². The van der Waals surface area contributed by atoms with E-state index in [1.807, 2.05) is 6.07 Å². The maximum atomic E-state index is 13.1. The Morgan fingerprint density at radius 3 is 2.75 bits per heavy atom. The number of hydrogen-bond acceptors (Lipinski definition) is 4. The molecular formula is C19H20BrClN2O4S. The van der Waals surface area contributed by atoms with Crippen molar-refractivity contribution in [2.75, 3.05) is 22.4 Å². The Morgan fingerprint density at radius 1 is 1.32 bits per heavy atom. The van der Waals surface area contributed by atoms with Gasteiger partial charge in [0.25, 0.3) is 5.91 Å². The first kappa shape index (κ1) is 21.0. The van der Waals surface area contributed by atoms with Crippen LogP contribution in [-0.2, 0) is 21.2 Å². The molecule has 0 fully saturated rings. The van der Waals surface area contributed by atoms with Crippen molar-refractivity contribution in [3.8, 4) is 5.75 Å². The second kappa shape index (κ2) is 8.31. The SMILES string of the molecule is CC(Oc1ccc(Cl)cc1Br)C(=O)N1CCCc2c(NS(C)(=O)=O)cccc21. The van der Waals surface area contributed by atoms with Gasteiger partial charge in [-0.2, -0.15) is 0 Å². The first-order chi connectivity index (χ1) is 13.2. The largest absolute Gasteiger partial charge is 0.480 e. The van der Waals surface area contributed by atoms with Gasteiger partial charge in [0.1, 0.15) is 5.75 Å². The molecule has 1 unspecified atom stereocenters. The minimum Gasteiger partial charge on any atom is -0.480 e. The molecule has 1 atom stereocenters. The van der Waals surface area contributed by atoms with E-state index in [9.17, 15) is 13.2 Å². The lowest BCUT2D eigenvalue weighted by Gasteiger charge is -2.32. The Morgan fingerprint density at radius 2 is 2.07 bits per heavy atom. The monoisotopic (exact) mass is 486 g/mol. The highest BCUT2D eigenvalue weighted by Crippen LogP contribution is 2.34. The lowest BCUT2D eigenvalue weighted by Crippen LogP contribution is -2.43. The van der Waals surface area contributed by atoms with Gasteiger partial charge in [-0.3, -0.25) is 9.52 Å². The van der Waals surface area contributed by atoms with Gasteiger partial charge >= 0.3 is 0 Å².